The first-order chi connectivity index (χ1) is 9.15. The molecule has 1 saturated carbocycles. The summed E-state index contributed by atoms with van der Waals surface area (Å²) in [4.78, 5) is 11.8. The Morgan fingerprint density at radius 2 is 2.15 bits per heavy atom. The number of methoxy groups -OCH3 is 1. The molecule has 5 nitrogen and oxygen atoms in total. The van der Waals surface area contributed by atoms with E-state index >= 15 is 0 Å². The first kappa shape index (κ1) is 19.6. The van der Waals surface area contributed by atoms with Crippen LogP contribution in [0.4, 0.5) is 0 Å². The highest BCUT2D eigenvalue weighted by Gasteiger charge is 2.36. The molecular formula is C14H29ClN2O3. The van der Waals surface area contributed by atoms with Crippen LogP contribution in [0.15, 0.2) is 0 Å². The van der Waals surface area contributed by atoms with Crippen molar-refractivity contribution in [1.82, 2.24) is 5.32 Å². The Bertz CT molecular complexity index is 269. The Balaban J connectivity index is 0.00000361. The summed E-state index contributed by atoms with van der Waals surface area (Å²) in [6.45, 7) is 4.68. The van der Waals surface area contributed by atoms with Crippen LogP contribution < -0.4 is 11.1 Å². The van der Waals surface area contributed by atoms with Crippen LogP contribution in [-0.2, 0) is 14.3 Å². The Morgan fingerprint density at radius 1 is 1.45 bits per heavy atom. The van der Waals surface area contributed by atoms with E-state index in [0.717, 1.165) is 26.2 Å². The van der Waals surface area contributed by atoms with E-state index in [1.54, 1.807) is 7.11 Å². The number of amides is 1. The molecule has 0 heterocycles. The Hall–Kier alpha value is -0.360. The molecule has 1 fully saturated rings. The fraction of sp³-hybridized carbons (Fsp3) is 0.929. The van der Waals surface area contributed by atoms with Gasteiger partial charge in [-0.05, 0) is 31.6 Å². The number of halogens is 1. The highest BCUT2D eigenvalue weighted by Crippen LogP contribution is 2.43. The second-order valence-corrected chi connectivity index (χ2v) is 5.37. The third-order valence-corrected chi connectivity index (χ3v) is 4.06. The quantitative estimate of drug-likeness (QED) is 0.600. The zero-order valence-electron chi connectivity index (χ0n) is 12.7. The van der Waals surface area contributed by atoms with Crippen LogP contribution in [0.3, 0.4) is 0 Å². The molecule has 1 aliphatic rings. The van der Waals surface area contributed by atoms with Gasteiger partial charge in [0.05, 0.1) is 12.5 Å². The lowest BCUT2D eigenvalue weighted by atomic mass is 9.66. The van der Waals surface area contributed by atoms with Crippen LogP contribution in [0.2, 0.25) is 0 Å². The summed E-state index contributed by atoms with van der Waals surface area (Å²) in [5.74, 6) is 0.0278. The lowest BCUT2D eigenvalue weighted by Gasteiger charge is -2.42. The van der Waals surface area contributed by atoms with Gasteiger partial charge in [-0.15, -0.1) is 12.4 Å². The molecule has 0 aromatic heterocycles. The molecule has 3 N–H and O–H groups in total. The standard InChI is InChI=1S/C14H28N2O3.ClH/c1-3-19-8-7-14(5-4-6-14)11-16-13(17)9-12(10-15)18-2;/h12H,3-11,15H2,1-2H3,(H,16,17);1H. The molecular weight excluding hydrogens is 280 g/mol. The van der Waals surface area contributed by atoms with Crippen molar-refractivity contribution in [2.45, 2.75) is 45.1 Å². The van der Waals surface area contributed by atoms with Gasteiger partial charge in [0, 0.05) is 33.4 Å². The van der Waals surface area contributed by atoms with Crippen molar-refractivity contribution in [2.75, 3.05) is 33.4 Å². The lowest BCUT2D eigenvalue weighted by Crippen LogP contribution is -2.44. The second-order valence-electron chi connectivity index (χ2n) is 5.37. The SMILES string of the molecule is CCOCCC1(CNC(=O)CC(CN)OC)CCC1.Cl. The number of ether oxygens (including phenoxy) is 2. The second kappa shape index (κ2) is 10.4. The summed E-state index contributed by atoms with van der Waals surface area (Å²) in [6.07, 6.45) is 4.82. The topological polar surface area (TPSA) is 73.6 Å². The molecule has 1 unspecified atom stereocenters. The molecule has 0 aliphatic heterocycles. The molecule has 120 valence electrons. The lowest BCUT2D eigenvalue weighted by molar-refractivity contribution is -0.124. The maximum Gasteiger partial charge on any atom is 0.222 e. The molecule has 6 heteroatoms. The number of carbonyl (C=O) groups excluding carboxylic acids is 1. The van der Waals surface area contributed by atoms with E-state index < -0.39 is 0 Å². The molecule has 1 aliphatic carbocycles. The summed E-state index contributed by atoms with van der Waals surface area (Å²) in [5.41, 5.74) is 5.77. The average molecular weight is 309 g/mol. The van der Waals surface area contributed by atoms with Gasteiger partial charge in [0.2, 0.25) is 5.91 Å². The summed E-state index contributed by atoms with van der Waals surface area (Å²) < 4.78 is 10.5. The van der Waals surface area contributed by atoms with Gasteiger partial charge in [0.15, 0.2) is 0 Å². The minimum absolute atomic E-state index is 0. The highest BCUT2D eigenvalue weighted by molar-refractivity contribution is 5.85. The third-order valence-electron chi connectivity index (χ3n) is 4.06. The van der Waals surface area contributed by atoms with Gasteiger partial charge in [0.25, 0.3) is 0 Å². The van der Waals surface area contributed by atoms with Crippen molar-refractivity contribution in [3.05, 3.63) is 0 Å². The van der Waals surface area contributed by atoms with Crippen molar-refractivity contribution in [1.29, 1.82) is 0 Å². The molecule has 0 spiro atoms. The monoisotopic (exact) mass is 308 g/mol. The molecule has 20 heavy (non-hydrogen) atoms. The van der Waals surface area contributed by atoms with Crippen molar-refractivity contribution >= 4 is 18.3 Å². The van der Waals surface area contributed by atoms with E-state index in [1.807, 2.05) is 6.92 Å². The van der Waals surface area contributed by atoms with Gasteiger partial charge in [-0.1, -0.05) is 6.42 Å². The Kier molecular flexibility index (Phi) is 10.2. The van der Waals surface area contributed by atoms with Gasteiger partial charge in [-0.25, -0.2) is 0 Å². The van der Waals surface area contributed by atoms with E-state index in [2.05, 4.69) is 5.32 Å². The highest BCUT2D eigenvalue weighted by atomic mass is 35.5. The van der Waals surface area contributed by atoms with Crippen LogP contribution >= 0.6 is 12.4 Å². The zero-order valence-corrected chi connectivity index (χ0v) is 13.5. The van der Waals surface area contributed by atoms with Gasteiger partial charge in [-0.2, -0.15) is 0 Å². The minimum atomic E-state index is -0.180. The summed E-state index contributed by atoms with van der Waals surface area (Å²) >= 11 is 0. The number of hydrogen-bond acceptors (Lipinski definition) is 4. The summed E-state index contributed by atoms with van der Waals surface area (Å²) in [7, 11) is 1.58. The first-order valence-electron chi connectivity index (χ1n) is 7.23. The zero-order chi connectivity index (χ0) is 14.1. The normalized spacial score (nSPS) is 17.8. The fourth-order valence-electron chi connectivity index (χ4n) is 2.45. The fourth-order valence-corrected chi connectivity index (χ4v) is 2.45. The smallest absolute Gasteiger partial charge is 0.222 e. The maximum absolute atomic E-state index is 11.8. The number of nitrogens with two attached hydrogens (primary N) is 1. The predicted octanol–water partition coefficient (Wildman–Crippen LogP) is 1.49. The van der Waals surface area contributed by atoms with E-state index in [9.17, 15) is 4.79 Å². The number of nitrogens with one attached hydrogen (secondary N) is 1. The van der Waals surface area contributed by atoms with Crippen molar-refractivity contribution < 1.29 is 14.3 Å². The molecule has 1 atom stereocenters. The molecule has 1 rings (SSSR count). The molecule has 0 aromatic carbocycles. The van der Waals surface area contributed by atoms with Crippen LogP contribution in [0.25, 0.3) is 0 Å². The molecule has 0 radical (unpaired) electrons. The molecule has 1 amide bonds. The number of rotatable bonds is 10. The molecule has 0 aromatic rings. The predicted molar refractivity (Wildman–Crippen MR) is 82.1 cm³/mol. The number of hydrogen-bond donors (Lipinski definition) is 2. The number of carbonyl (C=O) groups is 1. The third kappa shape index (κ3) is 6.39. The maximum atomic E-state index is 11.8. The van der Waals surface area contributed by atoms with Gasteiger partial charge in [-0.3, -0.25) is 4.79 Å². The Labute approximate surface area is 128 Å². The molecule has 0 saturated heterocycles. The molecule has 0 bridgehead atoms. The average Bonchev–Trinajstić information content (AvgIpc) is 2.38. The van der Waals surface area contributed by atoms with E-state index in [4.69, 9.17) is 15.2 Å². The largest absolute Gasteiger partial charge is 0.382 e. The van der Waals surface area contributed by atoms with Crippen LogP contribution in [0, 0.1) is 5.41 Å². The van der Waals surface area contributed by atoms with Gasteiger partial charge < -0.3 is 20.5 Å². The van der Waals surface area contributed by atoms with E-state index in [1.165, 1.54) is 19.3 Å². The van der Waals surface area contributed by atoms with Crippen LogP contribution in [-0.4, -0.2) is 45.4 Å². The summed E-state index contributed by atoms with van der Waals surface area (Å²) in [6, 6.07) is 0. The van der Waals surface area contributed by atoms with E-state index in [0.29, 0.717) is 13.0 Å². The van der Waals surface area contributed by atoms with Crippen molar-refractivity contribution in [3.8, 4) is 0 Å². The van der Waals surface area contributed by atoms with Crippen molar-refractivity contribution in [3.63, 3.8) is 0 Å². The van der Waals surface area contributed by atoms with E-state index in [-0.39, 0.29) is 29.8 Å². The Morgan fingerprint density at radius 3 is 2.60 bits per heavy atom. The van der Waals surface area contributed by atoms with Crippen LogP contribution in [0.1, 0.15) is 39.0 Å². The van der Waals surface area contributed by atoms with Gasteiger partial charge >= 0.3 is 0 Å². The summed E-state index contributed by atoms with van der Waals surface area (Å²) in [5, 5.41) is 3.02. The minimum Gasteiger partial charge on any atom is -0.382 e. The van der Waals surface area contributed by atoms with Gasteiger partial charge in [0.1, 0.15) is 0 Å². The first-order valence-corrected chi connectivity index (χ1v) is 7.23. The van der Waals surface area contributed by atoms with Crippen molar-refractivity contribution in [2.24, 2.45) is 11.1 Å². The van der Waals surface area contributed by atoms with Crippen LogP contribution in [0.5, 0.6) is 0 Å².